The van der Waals surface area contributed by atoms with Gasteiger partial charge in [0, 0.05) is 50.8 Å². The van der Waals surface area contributed by atoms with Crippen molar-refractivity contribution >= 4 is 35.2 Å². The lowest BCUT2D eigenvalue weighted by atomic mass is 10.0. The van der Waals surface area contributed by atoms with Gasteiger partial charge in [-0.1, -0.05) is 30.7 Å². The Morgan fingerprint density at radius 1 is 1.11 bits per heavy atom. The third-order valence-corrected chi connectivity index (χ3v) is 7.62. The van der Waals surface area contributed by atoms with E-state index in [9.17, 15) is 24.3 Å². The van der Waals surface area contributed by atoms with Crippen LogP contribution in [-0.2, 0) is 33.9 Å². The first kappa shape index (κ1) is 35.2. The molecule has 2 aliphatic rings. The van der Waals surface area contributed by atoms with Crippen LogP contribution in [0.5, 0.6) is 5.75 Å². The Bertz CT molecular complexity index is 1510. The molecule has 18 heteroatoms. The summed E-state index contributed by atoms with van der Waals surface area (Å²) in [5.41, 5.74) is 0.829. The van der Waals surface area contributed by atoms with Crippen LogP contribution >= 0.6 is 11.6 Å². The average Bonchev–Trinajstić information content (AvgIpc) is 3.71. The first-order valence-electron chi connectivity index (χ1n) is 15.4. The summed E-state index contributed by atoms with van der Waals surface area (Å²) in [6.07, 6.45) is 3.13. The highest BCUT2D eigenvalue weighted by Crippen LogP contribution is 2.26. The fourth-order valence-corrected chi connectivity index (χ4v) is 5.10. The van der Waals surface area contributed by atoms with Gasteiger partial charge < -0.3 is 30.7 Å². The van der Waals surface area contributed by atoms with E-state index in [1.54, 1.807) is 21.8 Å². The summed E-state index contributed by atoms with van der Waals surface area (Å²) in [7, 11) is 0. The minimum atomic E-state index is -1.36. The summed E-state index contributed by atoms with van der Waals surface area (Å²) >= 11 is 6.39. The second-order valence-corrected chi connectivity index (χ2v) is 12.0. The normalized spacial score (nSPS) is 19.7. The van der Waals surface area contributed by atoms with Crippen LogP contribution in [-0.4, -0.2) is 113 Å². The van der Waals surface area contributed by atoms with Crippen LogP contribution in [0.1, 0.15) is 49.7 Å². The third-order valence-electron chi connectivity index (χ3n) is 7.32. The Balaban J connectivity index is 1.55. The molecule has 17 nitrogen and oxygen atoms in total. The van der Waals surface area contributed by atoms with Gasteiger partial charge in [0.25, 0.3) is 5.91 Å². The van der Waals surface area contributed by atoms with E-state index in [2.05, 4.69) is 41.8 Å². The number of nitrogens with zero attached hydrogens (tertiary/aromatic N) is 8. The number of nitrogens with one attached hydrogen (secondary N) is 3. The van der Waals surface area contributed by atoms with E-state index in [0.29, 0.717) is 37.4 Å². The first-order chi connectivity index (χ1) is 22.5. The maximum absolute atomic E-state index is 13.3. The highest BCUT2D eigenvalue weighted by atomic mass is 35.5. The molecule has 0 spiro atoms. The number of halogens is 1. The average molecular weight is 674 g/mol. The van der Waals surface area contributed by atoms with Crippen LogP contribution in [0.2, 0.25) is 5.02 Å². The Hall–Kier alpha value is -4.64. The molecule has 1 aromatic carbocycles. The fraction of sp³-hybridized carbons (Fsp3) is 0.552. The quantitative estimate of drug-likeness (QED) is 0.256. The number of benzene rings is 1. The largest absolute Gasteiger partial charge is 0.492 e. The van der Waals surface area contributed by atoms with E-state index in [0.717, 1.165) is 0 Å². The van der Waals surface area contributed by atoms with Crippen molar-refractivity contribution in [3.8, 4) is 5.75 Å². The Morgan fingerprint density at radius 3 is 2.62 bits per heavy atom. The van der Waals surface area contributed by atoms with Crippen molar-refractivity contribution in [3.63, 3.8) is 0 Å². The molecule has 0 radical (unpaired) electrons. The van der Waals surface area contributed by atoms with Gasteiger partial charge in [-0.3, -0.25) is 23.9 Å². The van der Waals surface area contributed by atoms with E-state index >= 15 is 0 Å². The number of amides is 4. The standard InChI is InChI=1S/C29H40ClN11O6/c1-18(2)13-23-28(45)31-8-11-39(25(43)16-41-17-32-36-38-41)10-7-21-15-40(37-35-21)9-4-12-47-24-6-5-20(14-22(24)30)27(44)34-26(19(3)42)29(46)33-23/h5-6,14-15,17-19,23,26,42H,4,7-13,16H2,1-3H3,(H,31,45)(H,33,46)(H,34,44)/t19-,23-,26+/m1/s1. The minimum absolute atomic E-state index is 0.0168. The number of carbonyl (C=O) groups excluding carboxylic acids is 4. The molecule has 4 heterocycles. The van der Waals surface area contributed by atoms with Crippen molar-refractivity contribution in [2.45, 2.75) is 71.3 Å². The highest BCUT2D eigenvalue weighted by molar-refractivity contribution is 6.32. The molecule has 4 N–H and O–H groups in total. The predicted molar refractivity (Wildman–Crippen MR) is 167 cm³/mol. The fourth-order valence-electron chi connectivity index (χ4n) is 4.86. The summed E-state index contributed by atoms with van der Waals surface area (Å²) in [5, 5.41) is 37.9. The molecular formula is C29H40ClN11O6. The van der Waals surface area contributed by atoms with Gasteiger partial charge in [0.15, 0.2) is 0 Å². The molecule has 0 unspecified atom stereocenters. The number of rotatable bonds is 5. The number of hydrogen-bond acceptors (Lipinski definition) is 11. The van der Waals surface area contributed by atoms with Crippen molar-refractivity contribution in [1.29, 1.82) is 0 Å². The topological polar surface area (TPSA) is 211 Å². The molecular weight excluding hydrogens is 634 g/mol. The molecule has 4 bridgehead atoms. The maximum Gasteiger partial charge on any atom is 0.252 e. The van der Waals surface area contributed by atoms with Crippen LogP contribution in [0, 0.1) is 5.92 Å². The van der Waals surface area contributed by atoms with Crippen molar-refractivity contribution < 1.29 is 29.0 Å². The molecule has 4 amide bonds. The number of aromatic nitrogens is 7. The number of aliphatic hydroxyl groups excluding tert-OH is 1. The summed E-state index contributed by atoms with van der Waals surface area (Å²) in [5.74, 6) is -1.74. The third kappa shape index (κ3) is 10.4. The lowest BCUT2D eigenvalue weighted by Gasteiger charge is -2.26. The number of aliphatic hydroxyl groups is 1. The maximum atomic E-state index is 13.3. The molecule has 5 rings (SSSR count). The number of tetrazole rings is 1. The van der Waals surface area contributed by atoms with Gasteiger partial charge in [0.2, 0.25) is 17.7 Å². The number of ether oxygens (including phenoxy) is 1. The summed E-state index contributed by atoms with van der Waals surface area (Å²) < 4.78 is 8.78. The Labute approximate surface area is 276 Å². The van der Waals surface area contributed by atoms with Crippen molar-refractivity contribution in [2.24, 2.45) is 5.92 Å². The van der Waals surface area contributed by atoms with Crippen molar-refractivity contribution in [3.05, 3.63) is 47.0 Å². The monoisotopic (exact) mass is 673 g/mol. The number of carbonyl (C=O) groups is 4. The van der Waals surface area contributed by atoms with E-state index in [1.165, 1.54) is 30.1 Å². The van der Waals surface area contributed by atoms with Crippen LogP contribution in [0.25, 0.3) is 0 Å². The van der Waals surface area contributed by atoms with Gasteiger partial charge in [-0.05, 0) is 47.9 Å². The summed E-state index contributed by atoms with van der Waals surface area (Å²) in [6, 6.07) is 2.13. The summed E-state index contributed by atoms with van der Waals surface area (Å²) in [6.45, 7) is 6.42. The van der Waals surface area contributed by atoms with Gasteiger partial charge in [-0.15, -0.1) is 10.2 Å². The number of hydrogen-bond donors (Lipinski definition) is 4. The number of fused-ring (bicyclic) bond motifs is 17. The molecule has 2 aliphatic heterocycles. The van der Waals surface area contributed by atoms with Gasteiger partial charge in [-0.2, -0.15) is 0 Å². The van der Waals surface area contributed by atoms with Crippen LogP contribution in [0.4, 0.5) is 0 Å². The Morgan fingerprint density at radius 2 is 1.91 bits per heavy atom. The van der Waals surface area contributed by atoms with Crippen molar-refractivity contribution in [2.75, 3.05) is 26.2 Å². The minimum Gasteiger partial charge on any atom is -0.492 e. The van der Waals surface area contributed by atoms with Crippen molar-refractivity contribution in [1.82, 2.24) is 56.1 Å². The molecule has 47 heavy (non-hydrogen) atoms. The zero-order valence-electron chi connectivity index (χ0n) is 26.5. The molecule has 3 atom stereocenters. The van der Waals surface area contributed by atoms with Crippen LogP contribution in [0.15, 0.2) is 30.7 Å². The van der Waals surface area contributed by atoms with Gasteiger partial charge in [0.05, 0.1) is 23.4 Å². The van der Waals surface area contributed by atoms with Crippen LogP contribution < -0.4 is 20.7 Å². The zero-order valence-corrected chi connectivity index (χ0v) is 27.3. The highest BCUT2D eigenvalue weighted by Gasteiger charge is 2.31. The van der Waals surface area contributed by atoms with E-state index < -0.39 is 35.9 Å². The molecule has 2 aromatic heterocycles. The van der Waals surface area contributed by atoms with Crippen LogP contribution in [0.3, 0.4) is 0 Å². The molecule has 0 saturated heterocycles. The molecule has 0 aliphatic carbocycles. The molecule has 254 valence electrons. The van der Waals surface area contributed by atoms with Gasteiger partial charge in [0.1, 0.15) is 30.7 Å². The molecule has 3 aromatic rings. The van der Waals surface area contributed by atoms with E-state index in [-0.39, 0.29) is 55.0 Å². The molecule has 0 fully saturated rings. The number of aryl methyl sites for hydroxylation is 1. The summed E-state index contributed by atoms with van der Waals surface area (Å²) in [4.78, 5) is 54.4. The predicted octanol–water partition coefficient (Wildman–Crippen LogP) is -0.402. The van der Waals surface area contributed by atoms with Gasteiger partial charge >= 0.3 is 0 Å². The van der Waals surface area contributed by atoms with Gasteiger partial charge in [-0.25, -0.2) is 4.68 Å². The SMILES string of the molecule is CC(C)C[C@H]1NC(=O)[C@H]([C@@H](C)O)NC(=O)c2ccc(c(Cl)c2)OCCCn2cc(nn2)CCN(C(=O)Cn2cnnn2)CCNC1=O. The smallest absolute Gasteiger partial charge is 0.252 e. The van der Waals surface area contributed by atoms with E-state index in [4.69, 9.17) is 16.3 Å². The lowest BCUT2D eigenvalue weighted by Crippen LogP contribution is -2.57. The van der Waals surface area contributed by atoms with E-state index in [1.807, 2.05) is 13.8 Å². The second-order valence-electron chi connectivity index (χ2n) is 11.6. The Kier molecular flexibility index (Phi) is 12.6. The first-order valence-corrected chi connectivity index (χ1v) is 15.7. The lowest BCUT2D eigenvalue weighted by molar-refractivity contribution is -0.133. The second kappa shape index (κ2) is 16.8. The zero-order chi connectivity index (χ0) is 33.9. The molecule has 0 saturated carbocycles.